The topological polar surface area (TPSA) is 63.3 Å². The van der Waals surface area contributed by atoms with Crippen molar-refractivity contribution in [2.45, 2.75) is 13.8 Å². The fourth-order valence-corrected chi connectivity index (χ4v) is 0.385. The molecule has 0 unspecified atom stereocenters. The van der Waals surface area contributed by atoms with Crippen molar-refractivity contribution in [2.75, 3.05) is 6.54 Å². The van der Waals surface area contributed by atoms with E-state index in [0.29, 0.717) is 0 Å². The molecule has 0 radical (unpaired) electrons. The number of aliphatic carboxylic acids is 1. The normalized spacial score (nSPS) is 7.00. The highest BCUT2D eigenvalue weighted by atomic mass is 16.4. The molecule has 0 saturated heterocycles. The first-order valence-corrected chi connectivity index (χ1v) is 4.19. The maximum atomic E-state index is 9.24. The van der Waals surface area contributed by atoms with E-state index < -0.39 is 5.97 Å². The van der Waals surface area contributed by atoms with Gasteiger partial charge in [0.2, 0.25) is 0 Å². The van der Waals surface area contributed by atoms with Crippen LogP contribution < -0.4 is 5.73 Å². The minimum absolute atomic E-state index is 0.278. The second kappa shape index (κ2) is 13.3. The number of carboxylic acids is 1. The van der Waals surface area contributed by atoms with E-state index in [0.717, 1.165) is 0 Å². The van der Waals surface area contributed by atoms with Crippen molar-refractivity contribution in [3.05, 3.63) is 36.4 Å². The molecule has 3 nitrogen and oxygen atoms in total. The van der Waals surface area contributed by atoms with Gasteiger partial charge in [0.15, 0.2) is 0 Å². The van der Waals surface area contributed by atoms with E-state index in [1.807, 2.05) is 50.2 Å². The van der Waals surface area contributed by atoms with Gasteiger partial charge in [0, 0.05) is 0 Å². The van der Waals surface area contributed by atoms with Crippen molar-refractivity contribution >= 4 is 5.97 Å². The number of hydrogen-bond donors (Lipinski definition) is 2. The Morgan fingerprint density at radius 1 is 1.08 bits per heavy atom. The summed E-state index contributed by atoms with van der Waals surface area (Å²) in [5.74, 6) is -0.968. The van der Waals surface area contributed by atoms with Crippen LogP contribution in [0.15, 0.2) is 36.4 Å². The van der Waals surface area contributed by atoms with Crippen molar-refractivity contribution in [2.24, 2.45) is 5.73 Å². The van der Waals surface area contributed by atoms with Crippen molar-refractivity contribution in [3.63, 3.8) is 0 Å². The highest BCUT2D eigenvalue weighted by Gasteiger charge is 1.81. The summed E-state index contributed by atoms with van der Waals surface area (Å²) in [6, 6.07) is 12.0. The first kappa shape index (κ1) is 14.2. The van der Waals surface area contributed by atoms with Gasteiger partial charge >= 0.3 is 5.97 Å². The molecule has 0 bridgehead atoms. The third-order valence-corrected chi connectivity index (χ3v) is 0.841. The zero-order valence-corrected chi connectivity index (χ0v) is 8.10. The quantitative estimate of drug-likeness (QED) is 0.697. The first-order valence-electron chi connectivity index (χ1n) is 4.19. The van der Waals surface area contributed by atoms with Crippen LogP contribution in [-0.4, -0.2) is 17.6 Å². The van der Waals surface area contributed by atoms with E-state index in [9.17, 15) is 4.79 Å². The van der Waals surface area contributed by atoms with E-state index in [4.69, 9.17) is 5.11 Å². The minimum atomic E-state index is -0.968. The molecule has 1 aromatic rings. The van der Waals surface area contributed by atoms with E-state index >= 15 is 0 Å². The number of rotatable bonds is 1. The van der Waals surface area contributed by atoms with Gasteiger partial charge < -0.3 is 10.8 Å². The predicted octanol–water partition coefficient (Wildman–Crippen LogP) is 1.74. The van der Waals surface area contributed by atoms with Gasteiger partial charge in [0.25, 0.3) is 0 Å². The van der Waals surface area contributed by atoms with Gasteiger partial charge in [0.1, 0.15) is 0 Å². The zero-order chi connectivity index (χ0) is 10.5. The molecule has 0 spiro atoms. The Labute approximate surface area is 79.2 Å². The number of benzene rings is 1. The molecule has 3 heteroatoms. The largest absolute Gasteiger partial charge is 0.480 e. The fourth-order valence-electron chi connectivity index (χ4n) is 0.385. The van der Waals surface area contributed by atoms with Crippen LogP contribution in [0.4, 0.5) is 0 Å². The lowest BCUT2D eigenvalue weighted by Gasteiger charge is -1.73. The Kier molecular flexibility index (Phi) is 14.5. The average Bonchev–Trinajstić information content (AvgIpc) is 2.24. The maximum absolute atomic E-state index is 9.24. The fraction of sp³-hybridized carbons (Fsp3) is 0.300. The number of nitrogens with two attached hydrogens (primary N) is 1. The van der Waals surface area contributed by atoms with Crippen molar-refractivity contribution in [1.82, 2.24) is 0 Å². The molecule has 0 aromatic heterocycles. The van der Waals surface area contributed by atoms with E-state index in [-0.39, 0.29) is 6.54 Å². The number of carboxylic acid groups (broad SMARTS) is 1. The summed E-state index contributed by atoms with van der Waals surface area (Å²) < 4.78 is 0. The molecular formula is C10H17NO2. The molecule has 13 heavy (non-hydrogen) atoms. The maximum Gasteiger partial charge on any atom is 0.317 e. The van der Waals surface area contributed by atoms with Crippen LogP contribution in [0.25, 0.3) is 0 Å². The SMILES string of the molecule is CC.NCC(=O)O.c1ccccc1. The van der Waals surface area contributed by atoms with Crippen LogP contribution in [0.2, 0.25) is 0 Å². The molecule has 0 fully saturated rings. The van der Waals surface area contributed by atoms with E-state index in [1.54, 1.807) is 0 Å². The second-order valence-electron chi connectivity index (χ2n) is 1.75. The smallest absolute Gasteiger partial charge is 0.317 e. The molecule has 74 valence electrons. The Bertz CT molecular complexity index is 161. The molecule has 1 aromatic carbocycles. The standard InChI is InChI=1S/C6H6.C2H5NO2.C2H6/c1-2-4-6-5-3-1;3-1-2(4)5;1-2/h1-6H;1,3H2,(H,4,5);1-2H3. The molecule has 0 atom stereocenters. The second-order valence-corrected chi connectivity index (χ2v) is 1.75. The Balaban J connectivity index is 0. The number of hydrogen-bond acceptors (Lipinski definition) is 2. The van der Waals surface area contributed by atoms with Crippen molar-refractivity contribution in [3.8, 4) is 0 Å². The van der Waals surface area contributed by atoms with Crippen LogP contribution in [-0.2, 0) is 4.79 Å². The zero-order valence-electron chi connectivity index (χ0n) is 8.10. The van der Waals surface area contributed by atoms with Gasteiger partial charge in [-0.05, 0) is 0 Å². The van der Waals surface area contributed by atoms with Crippen LogP contribution >= 0.6 is 0 Å². The predicted molar refractivity (Wildman–Crippen MR) is 54.5 cm³/mol. The first-order chi connectivity index (χ1) is 6.27. The summed E-state index contributed by atoms with van der Waals surface area (Å²) in [5.41, 5.74) is 4.57. The third-order valence-electron chi connectivity index (χ3n) is 0.841. The van der Waals surface area contributed by atoms with Gasteiger partial charge in [-0.2, -0.15) is 0 Å². The summed E-state index contributed by atoms with van der Waals surface area (Å²) in [4.78, 5) is 9.24. The molecule has 1 rings (SSSR count). The molecule has 0 aliphatic rings. The lowest BCUT2D eigenvalue weighted by molar-refractivity contribution is -0.135. The summed E-state index contributed by atoms with van der Waals surface area (Å²) in [6.07, 6.45) is 0. The molecule has 0 aliphatic heterocycles. The summed E-state index contributed by atoms with van der Waals surface area (Å²) in [6.45, 7) is 3.72. The molecule has 0 saturated carbocycles. The van der Waals surface area contributed by atoms with Gasteiger partial charge in [-0.15, -0.1) is 0 Å². The lowest BCUT2D eigenvalue weighted by atomic mass is 10.4. The van der Waals surface area contributed by atoms with Gasteiger partial charge in [-0.3, -0.25) is 4.79 Å². The monoisotopic (exact) mass is 183 g/mol. The summed E-state index contributed by atoms with van der Waals surface area (Å²) >= 11 is 0. The Morgan fingerprint density at radius 3 is 1.31 bits per heavy atom. The lowest BCUT2D eigenvalue weighted by Crippen LogP contribution is -2.10. The van der Waals surface area contributed by atoms with Crippen molar-refractivity contribution < 1.29 is 9.90 Å². The molecular weight excluding hydrogens is 166 g/mol. The molecule has 0 heterocycles. The summed E-state index contributed by atoms with van der Waals surface area (Å²) in [5, 5.41) is 7.60. The number of carbonyl (C=O) groups is 1. The third kappa shape index (κ3) is 18.0. The van der Waals surface area contributed by atoms with Crippen LogP contribution in [0.1, 0.15) is 13.8 Å². The average molecular weight is 183 g/mol. The van der Waals surface area contributed by atoms with Crippen LogP contribution in [0, 0.1) is 0 Å². The van der Waals surface area contributed by atoms with Crippen molar-refractivity contribution in [1.29, 1.82) is 0 Å². The Hall–Kier alpha value is -1.35. The Morgan fingerprint density at radius 2 is 1.23 bits per heavy atom. The highest BCUT2D eigenvalue weighted by Crippen LogP contribution is 1.79. The van der Waals surface area contributed by atoms with E-state index in [2.05, 4.69) is 5.73 Å². The molecule has 0 amide bonds. The molecule has 3 N–H and O–H groups in total. The molecule has 0 aliphatic carbocycles. The highest BCUT2D eigenvalue weighted by molar-refractivity contribution is 5.68. The van der Waals surface area contributed by atoms with E-state index in [1.165, 1.54) is 0 Å². The summed E-state index contributed by atoms with van der Waals surface area (Å²) in [7, 11) is 0. The van der Waals surface area contributed by atoms with Crippen LogP contribution in [0.5, 0.6) is 0 Å². The minimum Gasteiger partial charge on any atom is -0.480 e. The van der Waals surface area contributed by atoms with Gasteiger partial charge in [0.05, 0.1) is 6.54 Å². The van der Waals surface area contributed by atoms with Gasteiger partial charge in [-0.1, -0.05) is 50.2 Å². The van der Waals surface area contributed by atoms with Gasteiger partial charge in [-0.25, -0.2) is 0 Å². The van der Waals surface area contributed by atoms with Crippen LogP contribution in [0.3, 0.4) is 0 Å².